The summed E-state index contributed by atoms with van der Waals surface area (Å²) in [6.45, 7) is 5.61. The van der Waals surface area contributed by atoms with Crippen molar-refractivity contribution in [1.29, 1.82) is 0 Å². The van der Waals surface area contributed by atoms with Crippen molar-refractivity contribution in [2.24, 2.45) is 0 Å². The molecule has 0 atom stereocenters. The van der Waals surface area contributed by atoms with Gasteiger partial charge in [0.25, 0.3) is 0 Å². The standard InChI is InChI=1S/C20H31N3O/c1-21(17-20(24)23-14-6-3-7-15-23)16-18-8-10-19(11-9-18)22-12-4-2-5-13-22/h8-11H,2-7,12-17H2,1H3. The van der Waals surface area contributed by atoms with Gasteiger partial charge in [-0.05, 0) is 63.3 Å². The molecule has 2 aliphatic rings. The Bertz CT molecular complexity index is 516. The van der Waals surface area contributed by atoms with Crippen LogP contribution in [0.2, 0.25) is 0 Å². The topological polar surface area (TPSA) is 26.8 Å². The van der Waals surface area contributed by atoms with E-state index in [1.807, 2.05) is 11.9 Å². The van der Waals surface area contributed by atoms with E-state index in [2.05, 4.69) is 34.1 Å². The first-order valence-corrected chi connectivity index (χ1v) is 9.52. The van der Waals surface area contributed by atoms with Gasteiger partial charge >= 0.3 is 0 Å². The summed E-state index contributed by atoms with van der Waals surface area (Å²) < 4.78 is 0. The van der Waals surface area contributed by atoms with Crippen molar-refractivity contribution in [3.8, 4) is 0 Å². The SMILES string of the molecule is CN(CC(=O)N1CCCCC1)Cc1ccc(N2CCCCC2)cc1. The minimum atomic E-state index is 0.280. The first kappa shape index (κ1) is 17.3. The second-order valence-electron chi connectivity index (χ2n) is 7.33. The quantitative estimate of drug-likeness (QED) is 0.830. The largest absolute Gasteiger partial charge is 0.372 e. The molecular formula is C20H31N3O. The Labute approximate surface area is 146 Å². The number of hydrogen-bond donors (Lipinski definition) is 0. The molecule has 0 aliphatic carbocycles. The van der Waals surface area contributed by atoms with Crippen LogP contribution in [0.5, 0.6) is 0 Å². The number of amides is 1. The molecular weight excluding hydrogens is 298 g/mol. The fraction of sp³-hybridized carbons (Fsp3) is 0.650. The molecule has 4 nitrogen and oxygen atoms in total. The van der Waals surface area contributed by atoms with E-state index in [4.69, 9.17) is 0 Å². The summed E-state index contributed by atoms with van der Waals surface area (Å²) in [5.41, 5.74) is 2.62. The van der Waals surface area contributed by atoms with Crippen molar-refractivity contribution < 1.29 is 4.79 Å². The van der Waals surface area contributed by atoms with Crippen LogP contribution in [-0.2, 0) is 11.3 Å². The number of nitrogens with zero attached hydrogens (tertiary/aromatic N) is 3. The summed E-state index contributed by atoms with van der Waals surface area (Å²) in [6.07, 6.45) is 7.57. The molecule has 0 bridgehead atoms. The maximum absolute atomic E-state index is 12.3. The third kappa shape index (κ3) is 4.73. The minimum absolute atomic E-state index is 0.280. The van der Waals surface area contributed by atoms with Gasteiger partial charge in [0.05, 0.1) is 6.54 Å². The first-order valence-electron chi connectivity index (χ1n) is 9.52. The minimum Gasteiger partial charge on any atom is -0.372 e. The molecule has 1 aromatic carbocycles. The highest BCUT2D eigenvalue weighted by atomic mass is 16.2. The first-order chi connectivity index (χ1) is 11.7. The fourth-order valence-electron chi connectivity index (χ4n) is 3.81. The van der Waals surface area contributed by atoms with Crippen LogP contribution in [0.4, 0.5) is 5.69 Å². The van der Waals surface area contributed by atoms with Crippen molar-refractivity contribution in [2.75, 3.05) is 44.7 Å². The Morgan fingerprint density at radius 2 is 1.50 bits per heavy atom. The molecule has 2 fully saturated rings. The Morgan fingerprint density at radius 3 is 2.12 bits per heavy atom. The van der Waals surface area contributed by atoms with Gasteiger partial charge in [-0.25, -0.2) is 0 Å². The second kappa shape index (κ2) is 8.52. The summed E-state index contributed by atoms with van der Waals surface area (Å²) in [5.74, 6) is 0.280. The zero-order chi connectivity index (χ0) is 16.8. The number of benzene rings is 1. The number of likely N-dealkylation sites (tertiary alicyclic amines) is 1. The van der Waals surface area contributed by atoms with Crippen LogP contribution in [0.3, 0.4) is 0 Å². The molecule has 2 saturated heterocycles. The number of anilines is 1. The summed E-state index contributed by atoms with van der Waals surface area (Å²) in [6, 6.07) is 8.90. The molecule has 1 amide bonds. The number of carbonyl (C=O) groups is 1. The van der Waals surface area contributed by atoms with Crippen LogP contribution in [0.1, 0.15) is 44.1 Å². The lowest BCUT2D eigenvalue weighted by molar-refractivity contribution is -0.133. The van der Waals surface area contributed by atoms with Gasteiger partial charge in [-0.15, -0.1) is 0 Å². The average molecular weight is 329 g/mol. The van der Waals surface area contributed by atoms with Gasteiger partial charge in [-0.2, -0.15) is 0 Å². The van der Waals surface area contributed by atoms with E-state index in [9.17, 15) is 4.79 Å². The highest BCUT2D eigenvalue weighted by Gasteiger charge is 2.18. The second-order valence-corrected chi connectivity index (χ2v) is 7.33. The van der Waals surface area contributed by atoms with E-state index < -0.39 is 0 Å². The molecule has 0 spiro atoms. The lowest BCUT2D eigenvalue weighted by atomic mass is 10.1. The molecule has 24 heavy (non-hydrogen) atoms. The van der Waals surface area contributed by atoms with Crippen molar-refractivity contribution in [1.82, 2.24) is 9.80 Å². The maximum atomic E-state index is 12.3. The molecule has 132 valence electrons. The van der Waals surface area contributed by atoms with Gasteiger partial charge < -0.3 is 9.80 Å². The van der Waals surface area contributed by atoms with E-state index >= 15 is 0 Å². The predicted octanol–water partition coefficient (Wildman–Crippen LogP) is 3.12. The molecule has 0 aromatic heterocycles. The Morgan fingerprint density at radius 1 is 0.917 bits per heavy atom. The molecule has 2 aliphatic heterocycles. The fourth-order valence-corrected chi connectivity index (χ4v) is 3.81. The van der Waals surface area contributed by atoms with Gasteiger partial charge in [-0.1, -0.05) is 12.1 Å². The van der Waals surface area contributed by atoms with E-state index in [1.165, 1.54) is 50.0 Å². The predicted molar refractivity (Wildman–Crippen MR) is 99.3 cm³/mol. The van der Waals surface area contributed by atoms with Gasteiger partial charge in [0, 0.05) is 38.4 Å². The van der Waals surface area contributed by atoms with E-state index in [0.29, 0.717) is 6.54 Å². The van der Waals surface area contributed by atoms with E-state index in [1.54, 1.807) is 0 Å². The van der Waals surface area contributed by atoms with Crippen molar-refractivity contribution >= 4 is 11.6 Å². The Hall–Kier alpha value is -1.55. The third-order valence-electron chi connectivity index (χ3n) is 5.22. The van der Waals surface area contributed by atoms with Crippen LogP contribution >= 0.6 is 0 Å². The maximum Gasteiger partial charge on any atom is 0.236 e. The van der Waals surface area contributed by atoms with E-state index in [-0.39, 0.29) is 5.91 Å². The summed E-state index contributed by atoms with van der Waals surface area (Å²) >= 11 is 0. The lowest BCUT2D eigenvalue weighted by Gasteiger charge is -2.29. The van der Waals surface area contributed by atoms with Crippen molar-refractivity contribution in [3.05, 3.63) is 29.8 Å². The summed E-state index contributed by atoms with van der Waals surface area (Å²) in [4.78, 5) is 19.0. The summed E-state index contributed by atoms with van der Waals surface area (Å²) in [5, 5.41) is 0. The number of likely N-dealkylation sites (N-methyl/N-ethyl adjacent to an activating group) is 1. The monoisotopic (exact) mass is 329 g/mol. The average Bonchev–Trinajstić information content (AvgIpc) is 2.64. The summed E-state index contributed by atoms with van der Waals surface area (Å²) in [7, 11) is 2.04. The Balaban J connectivity index is 1.48. The lowest BCUT2D eigenvalue weighted by Crippen LogP contribution is -2.41. The molecule has 4 heteroatoms. The number of piperidine rings is 2. The third-order valence-corrected chi connectivity index (χ3v) is 5.22. The van der Waals surface area contributed by atoms with Crippen LogP contribution in [0.15, 0.2) is 24.3 Å². The van der Waals surface area contributed by atoms with Gasteiger partial charge in [0.2, 0.25) is 5.91 Å². The zero-order valence-electron chi connectivity index (χ0n) is 15.0. The molecule has 2 heterocycles. The highest BCUT2D eigenvalue weighted by molar-refractivity contribution is 5.78. The zero-order valence-corrected chi connectivity index (χ0v) is 15.0. The highest BCUT2D eigenvalue weighted by Crippen LogP contribution is 2.20. The van der Waals surface area contributed by atoms with Crippen molar-refractivity contribution in [2.45, 2.75) is 45.1 Å². The Kier molecular flexibility index (Phi) is 6.13. The van der Waals surface area contributed by atoms with Crippen LogP contribution in [0.25, 0.3) is 0 Å². The van der Waals surface area contributed by atoms with E-state index in [0.717, 1.165) is 32.5 Å². The van der Waals surface area contributed by atoms with Crippen LogP contribution in [-0.4, -0.2) is 55.5 Å². The van der Waals surface area contributed by atoms with Crippen LogP contribution < -0.4 is 4.90 Å². The van der Waals surface area contributed by atoms with Gasteiger partial charge in [-0.3, -0.25) is 9.69 Å². The molecule has 1 aromatic rings. The number of rotatable bonds is 5. The van der Waals surface area contributed by atoms with Gasteiger partial charge in [0.15, 0.2) is 0 Å². The number of hydrogen-bond acceptors (Lipinski definition) is 3. The normalized spacial score (nSPS) is 18.9. The molecule has 3 rings (SSSR count). The smallest absolute Gasteiger partial charge is 0.236 e. The molecule has 0 unspecified atom stereocenters. The van der Waals surface area contributed by atoms with Crippen LogP contribution in [0, 0.1) is 0 Å². The molecule has 0 N–H and O–H groups in total. The molecule has 0 radical (unpaired) electrons. The van der Waals surface area contributed by atoms with Crippen molar-refractivity contribution in [3.63, 3.8) is 0 Å². The molecule has 0 saturated carbocycles. The number of carbonyl (C=O) groups excluding carboxylic acids is 1. The van der Waals surface area contributed by atoms with Gasteiger partial charge in [0.1, 0.15) is 0 Å².